The fraction of sp³-hybridized carbons (Fsp3) is 0.571. The van der Waals surface area contributed by atoms with Crippen molar-refractivity contribution in [3.05, 3.63) is 30.0 Å². The number of thioether (sulfide) groups is 1. The second-order valence-electron chi connectivity index (χ2n) is 7.89. The van der Waals surface area contributed by atoms with Crippen LogP contribution >= 0.6 is 11.8 Å². The minimum absolute atomic E-state index is 0.394. The van der Waals surface area contributed by atoms with Gasteiger partial charge in [-0.2, -0.15) is 0 Å². The van der Waals surface area contributed by atoms with E-state index < -0.39 is 0 Å². The molecule has 2 aliphatic heterocycles. The molecule has 2 aromatic rings. The van der Waals surface area contributed by atoms with E-state index in [1.807, 2.05) is 11.8 Å². The number of H-pyrrole nitrogens is 1. The fourth-order valence-corrected chi connectivity index (χ4v) is 5.44. The third kappa shape index (κ3) is 3.89. The van der Waals surface area contributed by atoms with Crippen molar-refractivity contribution >= 4 is 33.4 Å². The normalized spacial score (nSPS) is 24.6. The van der Waals surface area contributed by atoms with E-state index in [1.54, 1.807) is 0 Å². The third-order valence-corrected chi connectivity index (χ3v) is 7.04. The predicted octanol–water partition coefficient (Wildman–Crippen LogP) is 3.72. The number of hydrogen-bond acceptors (Lipinski definition) is 5. The van der Waals surface area contributed by atoms with Gasteiger partial charge in [-0.05, 0) is 25.0 Å². The fourth-order valence-electron chi connectivity index (χ4n) is 4.42. The summed E-state index contributed by atoms with van der Waals surface area (Å²) in [5.41, 5.74) is 3.62. The molecule has 1 saturated heterocycles. The van der Waals surface area contributed by atoms with Crippen LogP contribution in [0.3, 0.4) is 0 Å². The van der Waals surface area contributed by atoms with Crippen molar-refractivity contribution in [3.63, 3.8) is 0 Å². The van der Waals surface area contributed by atoms with Crippen LogP contribution in [0.1, 0.15) is 31.4 Å². The highest BCUT2D eigenvalue weighted by Crippen LogP contribution is 2.31. The van der Waals surface area contributed by atoms with E-state index in [0.29, 0.717) is 12.1 Å². The molecule has 0 radical (unpaired) electrons. The molecule has 0 spiro atoms. The van der Waals surface area contributed by atoms with Gasteiger partial charge in [0.05, 0.1) is 36.2 Å². The molecule has 1 saturated carbocycles. The van der Waals surface area contributed by atoms with Crippen LogP contribution in [0.4, 0.5) is 5.69 Å². The first-order chi connectivity index (χ1) is 13.3. The summed E-state index contributed by atoms with van der Waals surface area (Å²) < 4.78 is 5.45. The molecule has 2 fully saturated rings. The molecule has 1 aromatic carbocycles. The number of aromatic nitrogens is 1. The van der Waals surface area contributed by atoms with Crippen molar-refractivity contribution in [2.45, 2.75) is 37.8 Å². The Bertz CT molecular complexity index is 821. The summed E-state index contributed by atoms with van der Waals surface area (Å²) in [7, 11) is 0. The molecule has 3 aliphatic rings. The minimum atomic E-state index is 0.394. The third-order valence-electron chi connectivity index (χ3n) is 5.89. The summed E-state index contributed by atoms with van der Waals surface area (Å²) in [5.74, 6) is 1.08. The molecule has 3 heterocycles. The maximum absolute atomic E-state index is 5.45. The number of ether oxygens (including phenoxy) is 1. The van der Waals surface area contributed by atoms with E-state index in [-0.39, 0.29) is 0 Å². The Morgan fingerprint density at radius 2 is 2.07 bits per heavy atom. The molecule has 0 unspecified atom stereocenters. The maximum Gasteiger partial charge on any atom is 0.114 e. The monoisotopic (exact) mass is 384 g/mol. The van der Waals surface area contributed by atoms with Crippen LogP contribution in [0.5, 0.6) is 0 Å². The van der Waals surface area contributed by atoms with E-state index in [0.717, 1.165) is 43.6 Å². The number of fused-ring (bicyclic) bond motifs is 1. The quantitative estimate of drug-likeness (QED) is 0.825. The Kier molecular flexibility index (Phi) is 5.12. The van der Waals surface area contributed by atoms with Crippen molar-refractivity contribution in [2.75, 3.05) is 43.9 Å². The standard InChI is InChI=1S/C21H28N4OS/c1-2-6-16(5-1)22-18-7-3-4-15-12-19(24-20(15)18)21-23-17(14-27-21)13-25-8-10-26-11-9-25/h3-4,7,12,16-17,22,24H,1-2,5-6,8-11,13-14H2/t17-/m1/s1. The lowest BCUT2D eigenvalue weighted by atomic mass is 10.2. The van der Waals surface area contributed by atoms with Gasteiger partial charge in [0.25, 0.3) is 0 Å². The van der Waals surface area contributed by atoms with Gasteiger partial charge in [0.2, 0.25) is 0 Å². The Hall–Kier alpha value is -1.50. The van der Waals surface area contributed by atoms with Gasteiger partial charge in [-0.3, -0.25) is 9.89 Å². The summed E-state index contributed by atoms with van der Waals surface area (Å²) in [6, 6.07) is 9.83. The number of nitrogens with zero attached hydrogens (tertiary/aromatic N) is 2. The summed E-state index contributed by atoms with van der Waals surface area (Å²) >= 11 is 1.89. The highest BCUT2D eigenvalue weighted by Gasteiger charge is 2.24. The van der Waals surface area contributed by atoms with Crippen molar-refractivity contribution in [1.82, 2.24) is 9.88 Å². The van der Waals surface area contributed by atoms with Gasteiger partial charge >= 0.3 is 0 Å². The average molecular weight is 385 g/mol. The van der Waals surface area contributed by atoms with Crippen molar-refractivity contribution < 1.29 is 4.74 Å². The van der Waals surface area contributed by atoms with Crippen molar-refractivity contribution in [2.24, 2.45) is 4.99 Å². The molecule has 1 atom stereocenters. The van der Waals surface area contributed by atoms with Gasteiger partial charge in [0, 0.05) is 36.8 Å². The molecule has 5 nitrogen and oxygen atoms in total. The number of aliphatic imine (C=N–C) groups is 1. The lowest BCUT2D eigenvalue weighted by Crippen LogP contribution is -2.40. The molecule has 5 rings (SSSR count). The van der Waals surface area contributed by atoms with Gasteiger partial charge in [-0.1, -0.05) is 25.0 Å². The van der Waals surface area contributed by atoms with E-state index in [1.165, 1.54) is 48.0 Å². The average Bonchev–Trinajstić information content (AvgIpc) is 3.43. The number of morpholine rings is 1. The smallest absolute Gasteiger partial charge is 0.114 e. The van der Waals surface area contributed by atoms with Crippen LogP contribution in [0, 0.1) is 0 Å². The van der Waals surface area contributed by atoms with Gasteiger partial charge in [0.1, 0.15) is 5.04 Å². The second kappa shape index (κ2) is 7.86. The number of rotatable bonds is 5. The zero-order chi connectivity index (χ0) is 18.1. The summed E-state index contributed by atoms with van der Waals surface area (Å²) in [6.45, 7) is 4.84. The SMILES string of the molecule is c1cc(NC2CCCC2)c2[nH]c(C3=N[C@H](CN4CCOCC4)CS3)cc2c1. The van der Waals surface area contributed by atoms with E-state index in [4.69, 9.17) is 9.73 Å². The van der Waals surface area contributed by atoms with Crippen molar-refractivity contribution in [3.8, 4) is 0 Å². The van der Waals surface area contributed by atoms with Crippen LogP contribution in [-0.4, -0.2) is 65.6 Å². The Morgan fingerprint density at radius 1 is 1.22 bits per heavy atom. The molecule has 144 valence electrons. The summed E-state index contributed by atoms with van der Waals surface area (Å²) in [6.07, 6.45) is 5.27. The minimum Gasteiger partial charge on any atom is -0.381 e. The van der Waals surface area contributed by atoms with E-state index in [9.17, 15) is 0 Å². The van der Waals surface area contributed by atoms with Crippen LogP contribution < -0.4 is 5.32 Å². The molecule has 0 amide bonds. The first-order valence-corrected chi connectivity index (χ1v) is 11.2. The molecule has 2 N–H and O–H groups in total. The number of hydrogen-bond donors (Lipinski definition) is 2. The highest BCUT2D eigenvalue weighted by molar-refractivity contribution is 8.14. The van der Waals surface area contributed by atoms with E-state index >= 15 is 0 Å². The van der Waals surface area contributed by atoms with Gasteiger partial charge in [-0.15, -0.1) is 11.8 Å². The Labute approximate surface area is 164 Å². The first-order valence-electron chi connectivity index (χ1n) is 10.2. The summed E-state index contributed by atoms with van der Waals surface area (Å²) in [4.78, 5) is 11.2. The molecule has 27 heavy (non-hydrogen) atoms. The lowest BCUT2D eigenvalue weighted by molar-refractivity contribution is 0.0364. The number of aromatic amines is 1. The first kappa shape index (κ1) is 17.6. The van der Waals surface area contributed by atoms with Gasteiger partial charge in [0.15, 0.2) is 0 Å². The second-order valence-corrected chi connectivity index (χ2v) is 8.90. The molecule has 1 aromatic heterocycles. The topological polar surface area (TPSA) is 52.7 Å². The van der Waals surface area contributed by atoms with Crippen LogP contribution in [0.25, 0.3) is 10.9 Å². The van der Waals surface area contributed by atoms with Crippen LogP contribution in [0.2, 0.25) is 0 Å². The molecular formula is C21H28N4OS. The maximum atomic E-state index is 5.45. The predicted molar refractivity (Wildman–Crippen MR) is 114 cm³/mol. The molecule has 1 aliphatic carbocycles. The lowest BCUT2D eigenvalue weighted by Gasteiger charge is -2.27. The number of benzene rings is 1. The number of nitrogens with one attached hydrogen (secondary N) is 2. The van der Waals surface area contributed by atoms with Crippen molar-refractivity contribution in [1.29, 1.82) is 0 Å². The zero-order valence-corrected chi connectivity index (χ0v) is 16.6. The molecule has 6 heteroatoms. The van der Waals surface area contributed by atoms with Crippen LogP contribution in [0.15, 0.2) is 29.3 Å². The summed E-state index contributed by atoms with van der Waals surface area (Å²) in [5, 5.41) is 6.19. The Balaban J connectivity index is 1.33. The highest BCUT2D eigenvalue weighted by atomic mass is 32.2. The van der Waals surface area contributed by atoms with Gasteiger partial charge in [-0.25, -0.2) is 0 Å². The zero-order valence-electron chi connectivity index (χ0n) is 15.7. The number of anilines is 1. The molecule has 0 bridgehead atoms. The molecular weight excluding hydrogens is 356 g/mol. The van der Waals surface area contributed by atoms with Crippen LogP contribution in [-0.2, 0) is 4.74 Å². The van der Waals surface area contributed by atoms with E-state index in [2.05, 4.69) is 39.5 Å². The number of para-hydroxylation sites is 1. The van der Waals surface area contributed by atoms with Gasteiger partial charge < -0.3 is 15.0 Å². The Morgan fingerprint density at radius 3 is 2.93 bits per heavy atom. The largest absolute Gasteiger partial charge is 0.381 e.